The van der Waals surface area contributed by atoms with Gasteiger partial charge in [-0.25, -0.2) is 14.6 Å². The number of nitrogens with zero attached hydrogens (tertiary/aromatic N) is 3. The number of carbonyl (C=O) groups is 1. The van der Waals surface area contributed by atoms with E-state index >= 15 is 0 Å². The SMILES string of the molecule is O=C(O)N1CC[C@@H](n2c(=O)[nH]c3cccnc32)C1. The van der Waals surface area contributed by atoms with Crippen molar-refractivity contribution in [3.63, 3.8) is 0 Å². The molecule has 1 fully saturated rings. The first kappa shape index (κ1) is 10.8. The topological polar surface area (TPSA) is 91.2 Å². The van der Waals surface area contributed by atoms with Crippen LogP contribution in [0.15, 0.2) is 23.1 Å². The lowest BCUT2D eigenvalue weighted by Gasteiger charge is -2.13. The largest absolute Gasteiger partial charge is 0.465 e. The second kappa shape index (κ2) is 3.86. The molecule has 3 heterocycles. The molecular weight excluding hydrogens is 236 g/mol. The van der Waals surface area contributed by atoms with Crippen LogP contribution in [-0.2, 0) is 0 Å². The second-order valence-electron chi connectivity index (χ2n) is 4.35. The highest BCUT2D eigenvalue weighted by molar-refractivity contribution is 5.70. The van der Waals surface area contributed by atoms with Crippen molar-refractivity contribution >= 4 is 17.3 Å². The highest BCUT2D eigenvalue weighted by Crippen LogP contribution is 2.22. The zero-order valence-corrected chi connectivity index (χ0v) is 9.54. The van der Waals surface area contributed by atoms with Crippen LogP contribution in [0.5, 0.6) is 0 Å². The minimum absolute atomic E-state index is 0.141. The van der Waals surface area contributed by atoms with Gasteiger partial charge in [0.05, 0.1) is 11.6 Å². The third-order valence-corrected chi connectivity index (χ3v) is 3.27. The van der Waals surface area contributed by atoms with Gasteiger partial charge in [0.1, 0.15) is 0 Å². The maximum Gasteiger partial charge on any atom is 0.407 e. The van der Waals surface area contributed by atoms with Crippen LogP contribution < -0.4 is 5.69 Å². The first-order chi connectivity index (χ1) is 8.66. The number of pyridine rings is 1. The van der Waals surface area contributed by atoms with Crippen LogP contribution in [0.2, 0.25) is 0 Å². The van der Waals surface area contributed by atoms with Crippen molar-refractivity contribution in [2.45, 2.75) is 12.5 Å². The van der Waals surface area contributed by atoms with Gasteiger partial charge in [0.25, 0.3) is 0 Å². The Hall–Kier alpha value is -2.31. The minimum Gasteiger partial charge on any atom is -0.465 e. The lowest BCUT2D eigenvalue weighted by molar-refractivity contribution is 0.154. The van der Waals surface area contributed by atoms with Crippen LogP contribution in [-0.4, -0.2) is 43.7 Å². The number of aromatic nitrogens is 3. The summed E-state index contributed by atoms with van der Waals surface area (Å²) in [6.45, 7) is 0.782. The number of fused-ring (bicyclic) bond motifs is 1. The van der Waals surface area contributed by atoms with Gasteiger partial charge in [-0.15, -0.1) is 0 Å². The molecule has 0 aliphatic carbocycles. The lowest BCUT2D eigenvalue weighted by atomic mass is 10.2. The van der Waals surface area contributed by atoms with Crippen LogP contribution >= 0.6 is 0 Å². The highest BCUT2D eigenvalue weighted by atomic mass is 16.4. The van der Waals surface area contributed by atoms with Crippen molar-refractivity contribution in [2.24, 2.45) is 0 Å². The van der Waals surface area contributed by atoms with Gasteiger partial charge in [-0.2, -0.15) is 0 Å². The maximum atomic E-state index is 11.9. The molecule has 3 rings (SSSR count). The van der Waals surface area contributed by atoms with E-state index in [0.717, 1.165) is 0 Å². The van der Waals surface area contributed by atoms with Gasteiger partial charge in [-0.05, 0) is 18.6 Å². The number of likely N-dealkylation sites (tertiary alicyclic amines) is 1. The minimum atomic E-state index is -0.946. The average Bonchev–Trinajstić information content (AvgIpc) is 2.91. The van der Waals surface area contributed by atoms with E-state index < -0.39 is 6.09 Å². The Balaban J connectivity index is 2.03. The Bertz CT molecular complexity index is 660. The van der Waals surface area contributed by atoms with E-state index in [2.05, 4.69) is 9.97 Å². The molecule has 7 heteroatoms. The molecular formula is C11H12N4O3. The molecule has 2 N–H and O–H groups in total. The van der Waals surface area contributed by atoms with Crippen LogP contribution in [0.25, 0.3) is 11.2 Å². The molecule has 2 aromatic heterocycles. The number of amides is 1. The molecule has 94 valence electrons. The van der Waals surface area contributed by atoms with Crippen molar-refractivity contribution in [3.05, 3.63) is 28.8 Å². The molecule has 2 aromatic rings. The summed E-state index contributed by atoms with van der Waals surface area (Å²) in [6, 6.07) is 3.39. The number of hydrogen-bond donors (Lipinski definition) is 2. The Kier molecular flexibility index (Phi) is 2.32. The molecule has 1 aliphatic rings. The maximum absolute atomic E-state index is 11.9. The first-order valence-electron chi connectivity index (χ1n) is 5.70. The summed E-state index contributed by atoms with van der Waals surface area (Å²) in [4.78, 5) is 31.0. The summed E-state index contributed by atoms with van der Waals surface area (Å²) in [7, 11) is 0. The zero-order valence-electron chi connectivity index (χ0n) is 9.54. The van der Waals surface area contributed by atoms with Crippen LogP contribution in [0, 0.1) is 0 Å². The monoisotopic (exact) mass is 248 g/mol. The van der Waals surface area contributed by atoms with Crippen LogP contribution in [0.4, 0.5) is 4.79 Å². The fourth-order valence-corrected chi connectivity index (χ4v) is 2.42. The molecule has 0 saturated carbocycles. The van der Waals surface area contributed by atoms with E-state index in [1.807, 2.05) is 0 Å². The van der Waals surface area contributed by atoms with Crippen molar-refractivity contribution < 1.29 is 9.90 Å². The van der Waals surface area contributed by atoms with E-state index in [-0.39, 0.29) is 11.7 Å². The third kappa shape index (κ3) is 1.55. The molecule has 1 atom stereocenters. The van der Waals surface area contributed by atoms with Gasteiger partial charge >= 0.3 is 11.8 Å². The predicted octanol–water partition coefficient (Wildman–Crippen LogP) is 0.649. The summed E-state index contributed by atoms with van der Waals surface area (Å²) in [5.41, 5.74) is 1.02. The summed E-state index contributed by atoms with van der Waals surface area (Å²) >= 11 is 0. The normalized spacial score (nSPS) is 19.6. The van der Waals surface area contributed by atoms with Gasteiger partial charge in [-0.1, -0.05) is 0 Å². The summed E-state index contributed by atoms with van der Waals surface area (Å²) in [5, 5.41) is 8.93. The van der Waals surface area contributed by atoms with Crippen molar-refractivity contribution in [1.82, 2.24) is 19.4 Å². The highest BCUT2D eigenvalue weighted by Gasteiger charge is 2.29. The van der Waals surface area contributed by atoms with Gasteiger partial charge in [-0.3, -0.25) is 4.57 Å². The van der Waals surface area contributed by atoms with Gasteiger partial charge < -0.3 is 15.0 Å². The first-order valence-corrected chi connectivity index (χ1v) is 5.70. The van der Waals surface area contributed by atoms with Crippen LogP contribution in [0.3, 0.4) is 0 Å². The quantitative estimate of drug-likeness (QED) is 0.775. The van der Waals surface area contributed by atoms with E-state index in [4.69, 9.17) is 5.11 Å². The van der Waals surface area contributed by atoms with Gasteiger partial charge in [0.2, 0.25) is 0 Å². The van der Waals surface area contributed by atoms with E-state index in [0.29, 0.717) is 30.7 Å². The number of rotatable bonds is 1. The van der Waals surface area contributed by atoms with Crippen molar-refractivity contribution in [3.8, 4) is 0 Å². The number of nitrogens with one attached hydrogen (secondary N) is 1. The Labute approximate surface area is 102 Å². The van der Waals surface area contributed by atoms with Crippen molar-refractivity contribution in [1.29, 1.82) is 0 Å². The molecule has 0 aromatic carbocycles. The average molecular weight is 248 g/mol. The number of imidazole rings is 1. The fourth-order valence-electron chi connectivity index (χ4n) is 2.42. The van der Waals surface area contributed by atoms with E-state index in [9.17, 15) is 9.59 Å². The molecule has 0 bridgehead atoms. The molecule has 1 amide bonds. The summed E-state index contributed by atoms with van der Waals surface area (Å²) < 4.78 is 1.55. The van der Waals surface area contributed by atoms with Crippen molar-refractivity contribution in [2.75, 3.05) is 13.1 Å². The molecule has 7 nitrogen and oxygen atoms in total. The number of carboxylic acid groups (broad SMARTS) is 1. The smallest absolute Gasteiger partial charge is 0.407 e. The molecule has 1 aliphatic heterocycles. The van der Waals surface area contributed by atoms with E-state index in [1.165, 1.54) is 4.90 Å². The lowest BCUT2D eigenvalue weighted by Crippen LogP contribution is -2.29. The van der Waals surface area contributed by atoms with E-state index in [1.54, 1.807) is 22.9 Å². The Morgan fingerprint density at radius 1 is 1.56 bits per heavy atom. The molecule has 1 saturated heterocycles. The predicted molar refractivity (Wildman–Crippen MR) is 63.6 cm³/mol. The number of H-pyrrole nitrogens is 1. The van der Waals surface area contributed by atoms with Crippen LogP contribution in [0.1, 0.15) is 12.5 Å². The third-order valence-electron chi connectivity index (χ3n) is 3.27. The Morgan fingerprint density at radius 2 is 2.39 bits per heavy atom. The Morgan fingerprint density at radius 3 is 3.11 bits per heavy atom. The standard InChI is InChI=1S/C11H12N4O3/c16-10-13-8-2-1-4-12-9(8)15(10)7-3-5-14(6-7)11(17)18/h1-2,4,7H,3,5-6H2,(H,13,16)(H,17,18)/t7-/m1/s1. The summed E-state index contributed by atoms with van der Waals surface area (Å²) in [5.74, 6) is 0. The number of hydrogen-bond acceptors (Lipinski definition) is 3. The molecule has 0 unspecified atom stereocenters. The number of aromatic amines is 1. The van der Waals surface area contributed by atoms with Gasteiger partial charge in [0.15, 0.2) is 5.65 Å². The molecule has 0 spiro atoms. The molecule has 18 heavy (non-hydrogen) atoms. The zero-order chi connectivity index (χ0) is 12.7. The molecule has 0 radical (unpaired) electrons. The second-order valence-corrected chi connectivity index (χ2v) is 4.35. The fraction of sp³-hybridized carbons (Fsp3) is 0.364. The summed E-state index contributed by atoms with van der Waals surface area (Å²) in [6.07, 6.45) is 1.31. The van der Waals surface area contributed by atoms with Gasteiger partial charge in [0, 0.05) is 19.3 Å².